The first kappa shape index (κ1) is 21.0. The monoisotopic (exact) mass is 424 g/mol. The van der Waals surface area contributed by atoms with Crippen molar-refractivity contribution >= 4 is 35.1 Å². The van der Waals surface area contributed by atoms with Gasteiger partial charge in [0.2, 0.25) is 0 Å². The minimum Gasteiger partial charge on any atom is -0.465 e. The van der Waals surface area contributed by atoms with Gasteiger partial charge in [0.15, 0.2) is 5.69 Å². The van der Waals surface area contributed by atoms with Crippen LogP contribution in [0.4, 0.5) is 13.2 Å². The molecule has 6 nitrogen and oxygen atoms in total. The Bertz CT molecular complexity index is 887. The molecule has 0 saturated heterocycles. The van der Waals surface area contributed by atoms with Crippen LogP contribution in [0.25, 0.3) is 5.69 Å². The van der Waals surface area contributed by atoms with Crippen LogP contribution in [0.5, 0.6) is 0 Å². The zero-order chi connectivity index (χ0) is 20.5. The average Bonchev–Trinajstić information content (AvgIpc) is 2.90. The highest BCUT2D eigenvalue weighted by atomic mass is 35.5. The topological polar surface area (TPSA) is 70.4 Å². The van der Waals surface area contributed by atoms with E-state index >= 15 is 0 Å². The Kier molecular flexibility index (Phi) is 6.06. The molecule has 0 spiro atoms. The fourth-order valence-electron chi connectivity index (χ4n) is 2.34. The first-order valence-electron chi connectivity index (χ1n) is 7.44. The molecule has 0 bridgehead atoms. The predicted octanol–water partition coefficient (Wildman–Crippen LogP) is 4.47. The van der Waals surface area contributed by atoms with E-state index < -0.39 is 23.7 Å². The van der Waals surface area contributed by atoms with Crippen molar-refractivity contribution in [2.75, 3.05) is 13.7 Å². The molecule has 2 aromatic rings. The van der Waals surface area contributed by atoms with Crippen LogP contribution in [0.1, 0.15) is 39.0 Å². The molecule has 1 heterocycles. The molecule has 0 N–H and O–H groups in total. The number of carbonyl (C=O) groups is 2. The van der Waals surface area contributed by atoms with Gasteiger partial charge in [-0.1, -0.05) is 23.2 Å². The second-order valence-corrected chi connectivity index (χ2v) is 6.03. The minimum absolute atomic E-state index is 0.0210. The largest absolute Gasteiger partial charge is 0.465 e. The lowest BCUT2D eigenvalue weighted by molar-refractivity contribution is -0.137. The summed E-state index contributed by atoms with van der Waals surface area (Å²) < 4.78 is 49.2. The maximum Gasteiger partial charge on any atom is 0.416 e. The van der Waals surface area contributed by atoms with Gasteiger partial charge in [0, 0.05) is 0 Å². The number of alkyl halides is 3. The Labute approximate surface area is 161 Å². The van der Waals surface area contributed by atoms with Gasteiger partial charge in [0.1, 0.15) is 11.3 Å². The van der Waals surface area contributed by atoms with Gasteiger partial charge in [-0.2, -0.15) is 18.3 Å². The smallest absolute Gasteiger partial charge is 0.416 e. The number of methoxy groups -OCH3 is 1. The van der Waals surface area contributed by atoms with Crippen molar-refractivity contribution in [1.82, 2.24) is 9.78 Å². The van der Waals surface area contributed by atoms with E-state index in [2.05, 4.69) is 9.84 Å². The molecule has 1 aromatic carbocycles. The van der Waals surface area contributed by atoms with Crippen LogP contribution in [-0.4, -0.2) is 35.4 Å². The zero-order valence-electron chi connectivity index (χ0n) is 14.3. The molecule has 27 heavy (non-hydrogen) atoms. The lowest BCUT2D eigenvalue weighted by Gasteiger charge is -2.13. The summed E-state index contributed by atoms with van der Waals surface area (Å²) in [4.78, 5) is 24.2. The van der Waals surface area contributed by atoms with Crippen LogP contribution in [-0.2, 0) is 15.7 Å². The maximum absolute atomic E-state index is 12.9. The van der Waals surface area contributed by atoms with Gasteiger partial charge >= 0.3 is 18.1 Å². The van der Waals surface area contributed by atoms with E-state index in [1.807, 2.05) is 0 Å². The van der Waals surface area contributed by atoms with E-state index in [0.29, 0.717) is 12.1 Å². The molecule has 0 fully saturated rings. The number of ether oxygens (including phenoxy) is 2. The van der Waals surface area contributed by atoms with E-state index in [9.17, 15) is 22.8 Å². The van der Waals surface area contributed by atoms with Crippen LogP contribution >= 0.6 is 23.2 Å². The lowest BCUT2D eigenvalue weighted by atomic mass is 10.1. The van der Waals surface area contributed by atoms with Crippen molar-refractivity contribution in [2.45, 2.75) is 20.0 Å². The van der Waals surface area contributed by atoms with E-state index in [0.717, 1.165) is 11.8 Å². The van der Waals surface area contributed by atoms with Crippen LogP contribution in [0.3, 0.4) is 0 Å². The highest BCUT2D eigenvalue weighted by molar-refractivity contribution is 6.37. The number of carbonyl (C=O) groups excluding carboxylic acids is 2. The van der Waals surface area contributed by atoms with Crippen molar-refractivity contribution in [3.05, 3.63) is 44.7 Å². The summed E-state index contributed by atoms with van der Waals surface area (Å²) in [5.41, 5.74) is -1.65. The van der Waals surface area contributed by atoms with E-state index in [1.54, 1.807) is 6.92 Å². The van der Waals surface area contributed by atoms with Gasteiger partial charge in [-0.15, -0.1) is 0 Å². The highest BCUT2D eigenvalue weighted by Gasteiger charge is 2.34. The Morgan fingerprint density at radius 2 is 1.74 bits per heavy atom. The second-order valence-electron chi connectivity index (χ2n) is 5.22. The van der Waals surface area contributed by atoms with Crippen LogP contribution in [0.15, 0.2) is 12.1 Å². The number of benzene rings is 1. The van der Waals surface area contributed by atoms with E-state index in [4.69, 9.17) is 27.9 Å². The number of aromatic nitrogens is 2. The van der Waals surface area contributed by atoms with Crippen LogP contribution in [0, 0.1) is 6.92 Å². The quantitative estimate of drug-likeness (QED) is 0.677. The van der Waals surface area contributed by atoms with Gasteiger partial charge in [-0.25, -0.2) is 14.3 Å². The van der Waals surface area contributed by atoms with Gasteiger partial charge in [-0.05, 0) is 26.0 Å². The molecule has 0 saturated carbocycles. The summed E-state index contributed by atoms with van der Waals surface area (Å²) in [5, 5.41) is 3.24. The van der Waals surface area contributed by atoms with Gasteiger partial charge in [0.25, 0.3) is 0 Å². The molecule has 0 amide bonds. The summed E-state index contributed by atoms with van der Waals surface area (Å²) in [6, 6.07) is 1.34. The number of halogens is 5. The number of hydrogen-bond donors (Lipinski definition) is 0. The normalized spacial score (nSPS) is 11.4. The van der Waals surface area contributed by atoms with Crippen molar-refractivity contribution < 1.29 is 32.2 Å². The molecule has 0 aliphatic heterocycles. The molecular weight excluding hydrogens is 412 g/mol. The second kappa shape index (κ2) is 7.77. The van der Waals surface area contributed by atoms with Crippen LogP contribution < -0.4 is 0 Å². The van der Waals surface area contributed by atoms with Gasteiger partial charge in [0.05, 0.1) is 35.0 Å². The SMILES string of the molecule is CCOC(=O)c1nn(-c2c(Cl)cc(C(F)(F)F)cc2Cl)c(C)c1C(=O)OC. The molecule has 146 valence electrons. The predicted molar refractivity (Wildman–Crippen MR) is 90.6 cm³/mol. The maximum atomic E-state index is 12.9. The Hall–Kier alpha value is -2.26. The van der Waals surface area contributed by atoms with E-state index in [1.165, 1.54) is 6.92 Å². The molecule has 11 heteroatoms. The molecule has 0 radical (unpaired) electrons. The number of hydrogen-bond acceptors (Lipinski definition) is 5. The number of esters is 2. The standard InChI is InChI=1S/C16H13Cl2F3N2O4/c1-4-27-15(25)12-11(14(24)26-3)7(2)23(22-12)13-9(17)5-8(6-10(13)18)16(19,20)21/h5-6H,4H2,1-3H3. The molecule has 0 aliphatic rings. The van der Waals surface area contributed by atoms with Gasteiger partial charge in [-0.3, -0.25) is 0 Å². The Morgan fingerprint density at radius 1 is 1.19 bits per heavy atom. The van der Waals surface area contributed by atoms with Crippen molar-refractivity contribution in [3.63, 3.8) is 0 Å². The summed E-state index contributed by atoms with van der Waals surface area (Å²) in [6.07, 6.45) is -4.65. The average molecular weight is 425 g/mol. The molecule has 1 aromatic heterocycles. The van der Waals surface area contributed by atoms with E-state index in [-0.39, 0.29) is 39.3 Å². The van der Waals surface area contributed by atoms with Crippen molar-refractivity contribution in [3.8, 4) is 5.69 Å². The lowest BCUT2D eigenvalue weighted by Crippen LogP contribution is -2.12. The van der Waals surface area contributed by atoms with Crippen molar-refractivity contribution in [1.29, 1.82) is 0 Å². The van der Waals surface area contributed by atoms with Crippen LogP contribution in [0.2, 0.25) is 10.0 Å². The fourth-order valence-corrected chi connectivity index (χ4v) is 2.99. The molecule has 2 rings (SSSR count). The Balaban J connectivity index is 2.73. The summed E-state index contributed by atoms with van der Waals surface area (Å²) in [7, 11) is 1.10. The third kappa shape index (κ3) is 4.03. The number of nitrogens with zero attached hydrogens (tertiary/aromatic N) is 2. The third-order valence-electron chi connectivity index (χ3n) is 3.53. The third-order valence-corrected chi connectivity index (χ3v) is 4.11. The molecular formula is C16H13Cl2F3N2O4. The van der Waals surface area contributed by atoms with Gasteiger partial charge < -0.3 is 9.47 Å². The molecule has 0 unspecified atom stereocenters. The first-order valence-corrected chi connectivity index (χ1v) is 8.20. The fraction of sp³-hybridized carbons (Fsp3) is 0.312. The molecule has 0 aliphatic carbocycles. The highest BCUT2D eigenvalue weighted by Crippen LogP contribution is 2.38. The van der Waals surface area contributed by atoms with Crippen molar-refractivity contribution in [2.24, 2.45) is 0 Å². The summed E-state index contributed by atoms with van der Waals surface area (Å²) in [5.74, 6) is -1.78. The molecule has 0 atom stereocenters. The Morgan fingerprint density at radius 3 is 2.19 bits per heavy atom. The summed E-state index contributed by atoms with van der Waals surface area (Å²) in [6.45, 7) is 2.99. The first-order chi connectivity index (χ1) is 12.5. The number of rotatable bonds is 4. The zero-order valence-corrected chi connectivity index (χ0v) is 15.8. The minimum atomic E-state index is -4.65. The summed E-state index contributed by atoms with van der Waals surface area (Å²) >= 11 is 12.0.